The molecule has 0 aliphatic carbocycles. The van der Waals surface area contributed by atoms with E-state index in [4.69, 9.17) is 0 Å². The van der Waals surface area contributed by atoms with E-state index in [1.807, 2.05) is 0 Å². The zero-order valence-corrected chi connectivity index (χ0v) is 17.4. The van der Waals surface area contributed by atoms with Crippen molar-refractivity contribution in [2.24, 2.45) is 0 Å². The van der Waals surface area contributed by atoms with E-state index in [2.05, 4.69) is 125 Å². The molecule has 0 aromatic heterocycles. The molecule has 0 nitrogen and oxygen atoms in total. The van der Waals surface area contributed by atoms with E-state index in [-0.39, 0.29) is 0 Å². The van der Waals surface area contributed by atoms with E-state index in [1.54, 1.807) is 0 Å². The minimum absolute atomic E-state index is 0.568. The van der Waals surface area contributed by atoms with Crippen LogP contribution in [-0.2, 0) is 0 Å². The van der Waals surface area contributed by atoms with Crippen LogP contribution in [0.25, 0.3) is 24.3 Å². The predicted octanol–water partition coefficient (Wildman–Crippen LogP) is 8.27. The molecule has 0 heteroatoms. The summed E-state index contributed by atoms with van der Waals surface area (Å²) in [4.78, 5) is 0. The van der Waals surface area contributed by atoms with Crippen LogP contribution in [0, 0.1) is 0 Å². The van der Waals surface area contributed by atoms with Crippen molar-refractivity contribution in [2.75, 3.05) is 0 Å². The average Bonchev–Trinajstić information content (AvgIpc) is 2.72. The third-order valence-electron chi connectivity index (χ3n) is 5.11. The Hall–Kier alpha value is -2.86. The summed E-state index contributed by atoms with van der Waals surface area (Å²) in [5.41, 5.74) is 7.67. The number of benzene rings is 3. The monoisotopic (exact) mass is 366 g/mol. The normalized spacial score (nSPS) is 11.9. The highest BCUT2D eigenvalue weighted by atomic mass is 14.0. The van der Waals surface area contributed by atoms with Crippen molar-refractivity contribution in [3.63, 3.8) is 0 Å². The second-order valence-corrected chi connectivity index (χ2v) is 7.94. The standard InChI is InChI=1S/C28H30/c1-21(2)25-15-9-23(10-16-25)13-19-27-7-5-6-8-28(27)20-14-24-11-17-26(18-12-24)22(3)4/h5-22H,1-4H3/b19-13+,20-14+. The van der Waals surface area contributed by atoms with Crippen LogP contribution in [-0.4, -0.2) is 0 Å². The molecule has 0 aliphatic rings. The lowest BCUT2D eigenvalue weighted by Crippen LogP contribution is -1.86. The van der Waals surface area contributed by atoms with Gasteiger partial charge in [0, 0.05) is 0 Å². The van der Waals surface area contributed by atoms with Crippen LogP contribution in [0.1, 0.15) is 72.9 Å². The summed E-state index contributed by atoms with van der Waals surface area (Å²) in [7, 11) is 0. The number of hydrogen-bond acceptors (Lipinski definition) is 0. The van der Waals surface area contributed by atoms with Crippen LogP contribution in [0.4, 0.5) is 0 Å². The Morgan fingerprint density at radius 1 is 0.464 bits per heavy atom. The Kier molecular flexibility index (Phi) is 6.66. The Morgan fingerprint density at radius 3 is 1.14 bits per heavy atom. The van der Waals surface area contributed by atoms with Gasteiger partial charge in [0.05, 0.1) is 0 Å². The Morgan fingerprint density at radius 2 is 0.821 bits per heavy atom. The van der Waals surface area contributed by atoms with E-state index < -0.39 is 0 Å². The molecule has 0 bridgehead atoms. The summed E-state index contributed by atoms with van der Waals surface area (Å²) in [6.07, 6.45) is 8.78. The Balaban J connectivity index is 1.77. The molecular formula is C28H30. The summed E-state index contributed by atoms with van der Waals surface area (Å²) >= 11 is 0. The van der Waals surface area contributed by atoms with E-state index in [0.717, 1.165) is 0 Å². The highest BCUT2D eigenvalue weighted by molar-refractivity contribution is 5.79. The average molecular weight is 367 g/mol. The second-order valence-electron chi connectivity index (χ2n) is 7.94. The molecule has 0 heterocycles. The van der Waals surface area contributed by atoms with Gasteiger partial charge in [0.15, 0.2) is 0 Å². The van der Waals surface area contributed by atoms with Crippen LogP contribution < -0.4 is 0 Å². The van der Waals surface area contributed by atoms with Crippen molar-refractivity contribution in [3.8, 4) is 0 Å². The third-order valence-corrected chi connectivity index (χ3v) is 5.11. The van der Waals surface area contributed by atoms with E-state index >= 15 is 0 Å². The summed E-state index contributed by atoms with van der Waals surface area (Å²) in [5.74, 6) is 1.14. The third kappa shape index (κ3) is 5.33. The van der Waals surface area contributed by atoms with Gasteiger partial charge in [-0.05, 0) is 45.2 Å². The van der Waals surface area contributed by atoms with E-state index in [1.165, 1.54) is 33.4 Å². The highest BCUT2D eigenvalue weighted by Crippen LogP contribution is 2.20. The molecule has 0 fully saturated rings. The quantitative estimate of drug-likeness (QED) is 0.385. The zero-order valence-electron chi connectivity index (χ0n) is 17.4. The van der Waals surface area contributed by atoms with Gasteiger partial charge in [-0.3, -0.25) is 0 Å². The fourth-order valence-corrected chi connectivity index (χ4v) is 3.17. The lowest BCUT2D eigenvalue weighted by Gasteiger charge is -2.05. The molecule has 0 aliphatic heterocycles. The molecule has 0 N–H and O–H groups in total. The summed E-state index contributed by atoms with van der Waals surface area (Å²) in [6, 6.07) is 26.2. The van der Waals surface area contributed by atoms with Crippen molar-refractivity contribution in [1.29, 1.82) is 0 Å². The molecule has 0 amide bonds. The topological polar surface area (TPSA) is 0 Å². The lowest BCUT2D eigenvalue weighted by atomic mass is 10.00. The maximum absolute atomic E-state index is 2.23. The summed E-state index contributed by atoms with van der Waals surface area (Å²) < 4.78 is 0. The maximum atomic E-state index is 2.23. The number of hydrogen-bond donors (Lipinski definition) is 0. The van der Waals surface area contributed by atoms with Gasteiger partial charge < -0.3 is 0 Å². The van der Waals surface area contributed by atoms with E-state index in [0.29, 0.717) is 11.8 Å². The summed E-state index contributed by atoms with van der Waals surface area (Å²) in [5, 5.41) is 0. The van der Waals surface area contributed by atoms with Crippen molar-refractivity contribution >= 4 is 24.3 Å². The molecule has 0 atom stereocenters. The van der Waals surface area contributed by atoms with Gasteiger partial charge >= 0.3 is 0 Å². The van der Waals surface area contributed by atoms with Crippen molar-refractivity contribution in [1.82, 2.24) is 0 Å². The first-order chi connectivity index (χ1) is 13.5. The molecule has 0 spiro atoms. The van der Waals surface area contributed by atoms with Crippen LogP contribution in [0.3, 0.4) is 0 Å². The Labute approximate surface area is 170 Å². The molecule has 3 aromatic rings. The minimum Gasteiger partial charge on any atom is -0.0616 e. The molecule has 0 unspecified atom stereocenters. The fraction of sp³-hybridized carbons (Fsp3) is 0.214. The molecule has 3 rings (SSSR count). The molecule has 0 saturated carbocycles. The lowest BCUT2D eigenvalue weighted by molar-refractivity contribution is 0.866. The first-order valence-corrected chi connectivity index (χ1v) is 10.2. The van der Waals surface area contributed by atoms with Gasteiger partial charge in [-0.25, -0.2) is 0 Å². The molecule has 28 heavy (non-hydrogen) atoms. The highest BCUT2D eigenvalue weighted by Gasteiger charge is 1.99. The van der Waals surface area contributed by atoms with Gasteiger partial charge in [0.25, 0.3) is 0 Å². The van der Waals surface area contributed by atoms with E-state index in [9.17, 15) is 0 Å². The minimum atomic E-state index is 0.568. The zero-order chi connectivity index (χ0) is 19.9. The molecule has 3 aromatic carbocycles. The van der Waals surface area contributed by atoms with Crippen LogP contribution in [0.2, 0.25) is 0 Å². The Bertz CT molecular complexity index is 856. The van der Waals surface area contributed by atoms with Crippen LogP contribution in [0.15, 0.2) is 72.8 Å². The molecule has 0 saturated heterocycles. The molecule has 0 radical (unpaired) electrons. The molecular weight excluding hydrogens is 336 g/mol. The van der Waals surface area contributed by atoms with Crippen LogP contribution >= 0.6 is 0 Å². The van der Waals surface area contributed by atoms with Crippen molar-refractivity contribution < 1.29 is 0 Å². The van der Waals surface area contributed by atoms with Crippen LogP contribution in [0.5, 0.6) is 0 Å². The van der Waals surface area contributed by atoms with Gasteiger partial charge in [0.2, 0.25) is 0 Å². The maximum Gasteiger partial charge on any atom is -0.0184 e. The van der Waals surface area contributed by atoms with Crippen molar-refractivity contribution in [3.05, 3.63) is 106 Å². The largest absolute Gasteiger partial charge is 0.0616 e. The van der Waals surface area contributed by atoms with Gasteiger partial charge in [0.1, 0.15) is 0 Å². The smallest absolute Gasteiger partial charge is 0.0184 e. The predicted molar refractivity (Wildman–Crippen MR) is 125 cm³/mol. The first kappa shape index (κ1) is 19.9. The van der Waals surface area contributed by atoms with Gasteiger partial charge in [-0.2, -0.15) is 0 Å². The fourth-order valence-electron chi connectivity index (χ4n) is 3.17. The van der Waals surface area contributed by atoms with Gasteiger partial charge in [-0.1, -0.05) is 125 Å². The summed E-state index contributed by atoms with van der Waals surface area (Å²) in [6.45, 7) is 8.90. The van der Waals surface area contributed by atoms with Gasteiger partial charge in [-0.15, -0.1) is 0 Å². The molecule has 142 valence electrons. The van der Waals surface area contributed by atoms with Crippen molar-refractivity contribution in [2.45, 2.75) is 39.5 Å². The SMILES string of the molecule is CC(C)c1ccc(/C=C/c2ccccc2/C=C/c2ccc(C(C)C)cc2)cc1. The first-order valence-electron chi connectivity index (χ1n) is 10.2. The second kappa shape index (κ2) is 9.37. The number of rotatable bonds is 6.